The van der Waals surface area contributed by atoms with Gasteiger partial charge in [0.15, 0.2) is 5.96 Å². The number of nitrogens with zero attached hydrogens (tertiary/aromatic N) is 1. The average molecular weight is 265 g/mol. The number of hydrogen-bond acceptors (Lipinski definition) is 3. The van der Waals surface area contributed by atoms with Crippen molar-refractivity contribution < 1.29 is 5.11 Å². The first-order chi connectivity index (χ1) is 8.60. The van der Waals surface area contributed by atoms with Crippen LogP contribution in [0, 0.1) is 12.3 Å². The summed E-state index contributed by atoms with van der Waals surface area (Å²) in [5.74, 6) is 3.11. The van der Waals surface area contributed by atoms with E-state index in [9.17, 15) is 5.11 Å². The van der Waals surface area contributed by atoms with Crippen molar-refractivity contribution in [3.63, 3.8) is 0 Å². The van der Waals surface area contributed by atoms with Crippen LogP contribution in [-0.4, -0.2) is 30.7 Å². The van der Waals surface area contributed by atoms with Gasteiger partial charge in [-0.2, -0.15) is 11.3 Å². The average Bonchev–Trinajstić information content (AvgIpc) is 2.87. The number of hydrogen-bond donors (Lipinski definition) is 3. The lowest BCUT2D eigenvalue weighted by molar-refractivity contribution is 0.0677. The van der Waals surface area contributed by atoms with Gasteiger partial charge in [-0.15, -0.1) is 6.42 Å². The molecule has 1 unspecified atom stereocenters. The van der Waals surface area contributed by atoms with Crippen molar-refractivity contribution in [1.82, 2.24) is 10.6 Å². The van der Waals surface area contributed by atoms with Crippen LogP contribution in [0.5, 0.6) is 0 Å². The molecule has 4 nitrogen and oxygen atoms in total. The molecule has 0 radical (unpaired) electrons. The smallest absolute Gasteiger partial charge is 0.192 e. The molecule has 0 aliphatic carbocycles. The van der Waals surface area contributed by atoms with E-state index in [0.717, 1.165) is 12.1 Å². The van der Waals surface area contributed by atoms with Crippen molar-refractivity contribution in [3.05, 3.63) is 22.4 Å². The van der Waals surface area contributed by atoms with Crippen molar-refractivity contribution in [1.29, 1.82) is 0 Å². The fraction of sp³-hybridized carbons (Fsp3) is 0.462. The molecule has 0 amide bonds. The van der Waals surface area contributed by atoms with Gasteiger partial charge in [-0.3, -0.25) is 0 Å². The number of thiophene rings is 1. The molecule has 0 bridgehead atoms. The van der Waals surface area contributed by atoms with Crippen molar-refractivity contribution in [2.24, 2.45) is 4.99 Å². The number of rotatable bonds is 5. The molecule has 1 atom stereocenters. The summed E-state index contributed by atoms with van der Waals surface area (Å²) in [4.78, 5) is 4.33. The van der Waals surface area contributed by atoms with Gasteiger partial charge < -0.3 is 15.7 Å². The molecule has 18 heavy (non-hydrogen) atoms. The second kappa shape index (κ2) is 7.04. The Bertz CT molecular complexity index is 418. The Morgan fingerprint density at radius 1 is 1.61 bits per heavy atom. The molecule has 0 fully saturated rings. The summed E-state index contributed by atoms with van der Waals surface area (Å²) in [5.41, 5.74) is -0.0811. The molecule has 0 aromatic carbocycles. The maximum absolute atomic E-state index is 10.3. The lowest BCUT2D eigenvalue weighted by atomic mass is 10.00. The van der Waals surface area contributed by atoms with E-state index in [0.29, 0.717) is 12.5 Å². The van der Waals surface area contributed by atoms with E-state index < -0.39 is 5.60 Å². The summed E-state index contributed by atoms with van der Waals surface area (Å²) >= 11 is 1.56. The highest BCUT2D eigenvalue weighted by Crippen LogP contribution is 2.23. The van der Waals surface area contributed by atoms with Crippen molar-refractivity contribution in [3.8, 4) is 12.3 Å². The van der Waals surface area contributed by atoms with Crippen LogP contribution < -0.4 is 10.6 Å². The first-order valence-corrected chi connectivity index (χ1v) is 6.75. The number of guanidine groups is 1. The molecule has 1 heterocycles. The number of terminal acetylenes is 1. The molecule has 0 saturated carbocycles. The van der Waals surface area contributed by atoms with Gasteiger partial charge in [-0.05, 0) is 36.2 Å². The molecule has 0 aliphatic rings. The molecule has 98 valence electrons. The predicted octanol–water partition coefficient (Wildman–Crippen LogP) is 1.14. The Morgan fingerprint density at radius 3 is 2.94 bits per heavy atom. The highest BCUT2D eigenvalue weighted by Gasteiger charge is 2.23. The summed E-state index contributed by atoms with van der Waals surface area (Å²) in [6.07, 6.45) is 5.19. The molecule has 0 saturated heterocycles. The van der Waals surface area contributed by atoms with Crippen LogP contribution in [0.2, 0.25) is 0 Å². The zero-order valence-corrected chi connectivity index (χ0v) is 11.5. The quantitative estimate of drug-likeness (QED) is 0.425. The van der Waals surface area contributed by atoms with Gasteiger partial charge in [0.25, 0.3) is 0 Å². The summed E-state index contributed by atoms with van der Waals surface area (Å²) < 4.78 is 0. The Hall–Kier alpha value is -1.51. The Kier molecular flexibility index (Phi) is 5.69. The number of nitrogens with one attached hydrogen (secondary N) is 2. The normalized spacial score (nSPS) is 14.7. The number of aliphatic hydroxyl groups is 1. The second-order valence-electron chi connectivity index (χ2n) is 4.04. The first kappa shape index (κ1) is 14.6. The number of aliphatic imine (C=N–C) groups is 1. The van der Waals surface area contributed by atoms with Crippen LogP contribution in [0.3, 0.4) is 0 Å². The van der Waals surface area contributed by atoms with Gasteiger partial charge in [-0.1, -0.05) is 5.92 Å². The predicted molar refractivity (Wildman–Crippen MR) is 76.7 cm³/mol. The summed E-state index contributed by atoms with van der Waals surface area (Å²) in [6.45, 7) is 5.17. The zero-order chi connectivity index (χ0) is 13.4. The highest BCUT2D eigenvalue weighted by molar-refractivity contribution is 7.08. The van der Waals surface area contributed by atoms with Crippen molar-refractivity contribution in [2.75, 3.05) is 19.6 Å². The van der Waals surface area contributed by atoms with Crippen molar-refractivity contribution >= 4 is 17.3 Å². The van der Waals surface area contributed by atoms with Gasteiger partial charge in [0.2, 0.25) is 0 Å². The largest absolute Gasteiger partial charge is 0.383 e. The summed E-state index contributed by atoms with van der Waals surface area (Å²) in [7, 11) is 0. The molecule has 1 aromatic heterocycles. The summed E-state index contributed by atoms with van der Waals surface area (Å²) in [6, 6.07) is 1.90. The van der Waals surface area contributed by atoms with Gasteiger partial charge in [0.1, 0.15) is 5.60 Å². The third kappa shape index (κ3) is 4.40. The molecule has 1 rings (SSSR count). The van der Waals surface area contributed by atoms with Crippen LogP contribution >= 0.6 is 11.3 Å². The van der Waals surface area contributed by atoms with Crippen molar-refractivity contribution in [2.45, 2.75) is 19.4 Å². The lowest BCUT2D eigenvalue weighted by Gasteiger charge is -2.20. The maximum Gasteiger partial charge on any atom is 0.192 e. The third-order valence-corrected chi connectivity index (χ3v) is 3.07. The van der Waals surface area contributed by atoms with Gasteiger partial charge in [0.05, 0.1) is 13.1 Å². The van der Waals surface area contributed by atoms with Crippen LogP contribution in [0.25, 0.3) is 0 Å². The van der Waals surface area contributed by atoms with E-state index in [-0.39, 0.29) is 6.54 Å². The Labute approximate surface area is 112 Å². The third-order valence-electron chi connectivity index (χ3n) is 2.39. The van der Waals surface area contributed by atoms with Gasteiger partial charge >= 0.3 is 0 Å². The van der Waals surface area contributed by atoms with E-state index in [1.807, 2.05) is 23.8 Å². The summed E-state index contributed by atoms with van der Waals surface area (Å²) in [5, 5.41) is 20.2. The molecule has 1 aromatic rings. The standard InChI is InChI=1S/C13H19N3OS/c1-4-7-15-12(14-5-2)16-10-13(3,17)11-6-8-18-9-11/h1,6,8-9,17H,5,7,10H2,2-3H3,(H2,14,15,16). The second-order valence-corrected chi connectivity index (χ2v) is 4.82. The molecule has 5 heteroatoms. The Balaban J connectivity index is 2.66. The van der Waals surface area contributed by atoms with Gasteiger partial charge in [-0.25, -0.2) is 4.99 Å². The highest BCUT2D eigenvalue weighted by atomic mass is 32.1. The monoisotopic (exact) mass is 265 g/mol. The SMILES string of the molecule is C#CCNC(=NCC(C)(O)c1ccsc1)NCC. The minimum Gasteiger partial charge on any atom is -0.383 e. The molecule has 3 N–H and O–H groups in total. The topological polar surface area (TPSA) is 56.7 Å². The van der Waals surface area contributed by atoms with Crippen LogP contribution in [0.15, 0.2) is 21.8 Å². The lowest BCUT2D eigenvalue weighted by Crippen LogP contribution is -2.39. The van der Waals surface area contributed by atoms with E-state index in [2.05, 4.69) is 21.5 Å². The van der Waals surface area contributed by atoms with Gasteiger partial charge in [0, 0.05) is 6.54 Å². The molecular weight excluding hydrogens is 246 g/mol. The van der Waals surface area contributed by atoms with E-state index in [4.69, 9.17) is 6.42 Å². The maximum atomic E-state index is 10.3. The van der Waals surface area contributed by atoms with Crippen LogP contribution in [0.1, 0.15) is 19.4 Å². The van der Waals surface area contributed by atoms with Crippen LogP contribution in [-0.2, 0) is 5.60 Å². The molecule has 0 aliphatic heterocycles. The fourth-order valence-electron chi connectivity index (χ4n) is 1.37. The van der Waals surface area contributed by atoms with E-state index in [1.54, 1.807) is 18.3 Å². The zero-order valence-electron chi connectivity index (χ0n) is 10.7. The fourth-order valence-corrected chi connectivity index (χ4v) is 2.15. The molecular formula is C13H19N3OS. The van der Waals surface area contributed by atoms with E-state index in [1.165, 1.54) is 0 Å². The minimum atomic E-state index is -0.960. The minimum absolute atomic E-state index is 0.281. The van der Waals surface area contributed by atoms with E-state index >= 15 is 0 Å². The van der Waals surface area contributed by atoms with Crippen LogP contribution in [0.4, 0.5) is 0 Å². The first-order valence-electron chi connectivity index (χ1n) is 5.81. The Morgan fingerprint density at radius 2 is 2.39 bits per heavy atom. The molecule has 0 spiro atoms.